The lowest BCUT2D eigenvalue weighted by molar-refractivity contribution is 0.459. The van der Waals surface area contributed by atoms with Crippen LogP contribution in [0.15, 0.2) is 57.9 Å². The molecule has 5 nitrogen and oxygen atoms in total. The number of aromatic nitrogens is 3. The number of aryl methyl sites for hydroxylation is 2. The first kappa shape index (κ1) is 17.5. The van der Waals surface area contributed by atoms with E-state index in [1.54, 1.807) is 11.8 Å². The zero-order valence-corrected chi connectivity index (χ0v) is 16.3. The monoisotopic (exact) mass is 376 g/mol. The molecule has 0 atom stereocenters. The summed E-state index contributed by atoms with van der Waals surface area (Å²) in [5.41, 5.74) is 5.41. The Morgan fingerprint density at radius 2 is 1.70 bits per heavy atom. The molecule has 27 heavy (non-hydrogen) atoms. The van der Waals surface area contributed by atoms with Crippen molar-refractivity contribution >= 4 is 28.7 Å². The van der Waals surface area contributed by atoms with Crippen molar-refractivity contribution in [2.45, 2.75) is 25.3 Å². The Kier molecular flexibility index (Phi) is 4.81. The molecule has 4 rings (SSSR count). The van der Waals surface area contributed by atoms with Crippen LogP contribution < -0.4 is 5.32 Å². The molecule has 2 aromatic heterocycles. The fraction of sp³-hybridized carbons (Fsp3) is 0.190. The predicted octanol–water partition coefficient (Wildman–Crippen LogP) is 5.24. The number of benzene rings is 2. The molecule has 2 heterocycles. The van der Waals surface area contributed by atoms with Gasteiger partial charge in [0.25, 0.3) is 0 Å². The molecule has 0 bridgehead atoms. The quantitative estimate of drug-likeness (QED) is 0.481. The Morgan fingerprint density at radius 3 is 2.41 bits per heavy atom. The average molecular weight is 376 g/mol. The van der Waals surface area contributed by atoms with Crippen LogP contribution in [-0.4, -0.2) is 21.4 Å². The number of hydrogen-bond donors (Lipinski definition) is 1. The van der Waals surface area contributed by atoms with E-state index in [0.29, 0.717) is 23.8 Å². The van der Waals surface area contributed by atoms with E-state index in [1.165, 1.54) is 16.0 Å². The van der Waals surface area contributed by atoms with E-state index in [1.807, 2.05) is 19.1 Å². The summed E-state index contributed by atoms with van der Waals surface area (Å²) >= 11 is 1.73. The van der Waals surface area contributed by atoms with E-state index in [0.717, 1.165) is 16.8 Å². The van der Waals surface area contributed by atoms with Gasteiger partial charge >= 0.3 is 0 Å². The summed E-state index contributed by atoms with van der Waals surface area (Å²) in [6.45, 7) is 4.59. The van der Waals surface area contributed by atoms with Gasteiger partial charge in [0.05, 0.1) is 0 Å². The first-order chi connectivity index (χ1) is 13.1. The number of anilines is 1. The molecular weight excluding hydrogens is 356 g/mol. The molecule has 0 radical (unpaired) electrons. The fourth-order valence-corrected chi connectivity index (χ4v) is 3.30. The minimum absolute atomic E-state index is 0.580. The second kappa shape index (κ2) is 7.40. The normalized spacial score (nSPS) is 11.1. The molecule has 0 aliphatic rings. The van der Waals surface area contributed by atoms with Gasteiger partial charge in [0.15, 0.2) is 5.82 Å². The van der Waals surface area contributed by atoms with Crippen molar-refractivity contribution in [1.29, 1.82) is 0 Å². The van der Waals surface area contributed by atoms with E-state index >= 15 is 0 Å². The lowest BCUT2D eigenvalue weighted by Crippen LogP contribution is -2.03. The van der Waals surface area contributed by atoms with Gasteiger partial charge in [-0.1, -0.05) is 47.1 Å². The second-order valence-electron chi connectivity index (χ2n) is 6.40. The Morgan fingerprint density at radius 1 is 0.963 bits per heavy atom. The van der Waals surface area contributed by atoms with Crippen molar-refractivity contribution in [3.05, 3.63) is 65.5 Å². The number of hydrogen-bond acceptors (Lipinski definition) is 6. The smallest absolute Gasteiger partial charge is 0.228 e. The summed E-state index contributed by atoms with van der Waals surface area (Å²) in [7, 11) is 0. The maximum atomic E-state index is 5.60. The van der Waals surface area contributed by atoms with Crippen molar-refractivity contribution in [2.24, 2.45) is 0 Å². The molecule has 2 aromatic carbocycles. The number of thioether (sulfide) groups is 1. The minimum Gasteiger partial charge on any atom is -0.363 e. The summed E-state index contributed by atoms with van der Waals surface area (Å²) in [4.78, 5) is 10.3. The number of rotatable bonds is 5. The molecule has 1 N–H and O–H groups in total. The van der Waals surface area contributed by atoms with Crippen LogP contribution >= 0.6 is 11.8 Å². The predicted molar refractivity (Wildman–Crippen MR) is 110 cm³/mol. The summed E-state index contributed by atoms with van der Waals surface area (Å²) in [5.74, 6) is 1.34. The van der Waals surface area contributed by atoms with E-state index in [9.17, 15) is 0 Å². The summed E-state index contributed by atoms with van der Waals surface area (Å²) < 4.78 is 5.60. The van der Waals surface area contributed by atoms with Crippen LogP contribution in [0.3, 0.4) is 0 Å². The van der Waals surface area contributed by atoms with Gasteiger partial charge in [-0.05, 0) is 37.8 Å². The van der Waals surface area contributed by atoms with E-state index in [4.69, 9.17) is 4.52 Å². The van der Waals surface area contributed by atoms with Crippen LogP contribution in [0.2, 0.25) is 0 Å². The summed E-state index contributed by atoms with van der Waals surface area (Å²) in [6, 6.07) is 16.6. The largest absolute Gasteiger partial charge is 0.363 e. The standard InChI is InChI=1S/C21H20N4OS/c1-13-4-8-16(9-5-13)18-19-20(26-25-18)21(24-14(2)23-19)22-12-15-6-10-17(27-3)11-7-15/h4-11H,12H2,1-3H3,(H,22,23,24). The van der Waals surface area contributed by atoms with Crippen molar-refractivity contribution in [3.8, 4) is 11.3 Å². The van der Waals surface area contributed by atoms with Gasteiger partial charge in [-0.2, -0.15) is 0 Å². The highest BCUT2D eigenvalue weighted by Gasteiger charge is 2.17. The molecular formula is C21H20N4OS. The topological polar surface area (TPSA) is 63.8 Å². The molecule has 4 aromatic rings. The number of nitrogens with one attached hydrogen (secondary N) is 1. The van der Waals surface area contributed by atoms with Gasteiger partial charge in [-0.15, -0.1) is 11.8 Å². The Labute approximate surface area is 162 Å². The molecule has 0 unspecified atom stereocenters. The zero-order chi connectivity index (χ0) is 18.8. The molecule has 6 heteroatoms. The highest BCUT2D eigenvalue weighted by molar-refractivity contribution is 7.98. The summed E-state index contributed by atoms with van der Waals surface area (Å²) in [6.07, 6.45) is 2.07. The van der Waals surface area contributed by atoms with Gasteiger partial charge in [0, 0.05) is 17.0 Å². The van der Waals surface area contributed by atoms with Gasteiger partial charge in [-0.3, -0.25) is 0 Å². The van der Waals surface area contributed by atoms with E-state index in [2.05, 4.69) is 70.0 Å². The third kappa shape index (κ3) is 3.66. The molecule has 0 saturated carbocycles. The lowest BCUT2D eigenvalue weighted by Gasteiger charge is -2.07. The van der Waals surface area contributed by atoms with Crippen LogP contribution in [-0.2, 0) is 6.54 Å². The molecule has 136 valence electrons. The van der Waals surface area contributed by atoms with E-state index < -0.39 is 0 Å². The molecule has 0 saturated heterocycles. The highest BCUT2D eigenvalue weighted by Crippen LogP contribution is 2.30. The molecule has 0 aliphatic carbocycles. The SMILES string of the molecule is CSc1ccc(CNc2nc(C)nc3c(-c4ccc(C)cc4)noc23)cc1. The average Bonchev–Trinajstić information content (AvgIpc) is 3.11. The number of nitrogens with zero attached hydrogens (tertiary/aromatic N) is 3. The van der Waals surface area contributed by atoms with Gasteiger partial charge in [-0.25, -0.2) is 9.97 Å². The highest BCUT2D eigenvalue weighted by atomic mass is 32.2. The van der Waals surface area contributed by atoms with Gasteiger partial charge in [0.1, 0.15) is 17.0 Å². The Balaban J connectivity index is 1.65. The van der Waals surface area contributed by atoms with E-state index in [-0.39, 0.29) is 0 Å². The number of fused-ring (bicyclic) bond motifs is 1. The minimum atomic E-state index is 0.580. The second-order valence-corrected chi connectivity index (χ2v) is 7.28. The molecule has 0 aliphatic heterocycles. The molecule has 0 spiro atoms. The third-order valence-corrected chi connectivity index (χ3v) is 5.12. The summed E-state index contributed by atoms with van der Waals surface area (Å²) in [5, 5.41) is 7.62. The van der Waals surface area contributed by atoms with Crippen LogP contribution in [0.1, 0.15) is 17.0 Å². The van der Waals surface area contributed by atoms with Crippen LogP contribution in [0.5, 0.6) is 0 Å². The van der Waals surface area contributed by atoms with Crippen LogP contribution in [0.25, 0.3) is 22.4 Å². The Bertz CT molecular complexity index is 1070. The third-order valence-electron chi connectivity index (χ3n) is 4.37. The first-order valence-corrected chi connectivity index (χ1v) is 9.94. The van der Waals surface area contributed by atoms with Crippen molar-refractivity contribution < 1.29 is 4.52 Å². The van der Waals surface area contributed by atoms with Crippen LogP contribution in [0.4, 0.5) is 5.82 Å². The molecule has 0 fully saturated rings. The van der Waals surface area contributed by atoms with Crippen LogP contribution in [0, 0.1) is 13.8 Å². The zero-order valence-electron chi connectivity index (χ0n) is 15.5. The fourth-order valence-electron chi connectivity index (χ4n) is 2.89. The van der Waals surface area contributed by atoms with Crippen molar-refractivity contribution in [3.63, 3.8) is 0 Å². The lowest BCUT2D eigenvalue weighted by atomic mass is 10.1. The first-order valence-electron chi connectivity index (χ1n) is 8.72. The maximum Gasteiger partial charge on any atom is 0.228 e. The maximum absolute atomic E-state index is 5.60. The van der Waals surface area contributed by atoms with Crippen molar-refractivity contribution in [1.82, 2.24) is 15.1 Å². The van der Waals surface area contributed by atoms with Gasteiger partial charge < -0.3 is 9.84 Å². The van der Waals surface area contributed by atoms with Gasteiger partial charge in [0.2, 0.25) is 5.58 Å². The molecule has 0 amide bonds. The van der Waals surface area contributed by atoms with Crippen molar-refractivity contribution in [2.75, 3.05) is 11.6 Å². The Hall–Kier alpha value is -2.86.